The van der Waals surface area contributed by atoms with Gasteiger partial charge in [0.15, 0.2) is 0 Å². The summed E-state index contributed by atoms with van der Waals surface area (Å²) in [7, 11) is 0. The maximum Gasteiger partial charge on any atom is 0.295 e. The van der Waals surface area contributed by atoms with Gasteiger partial charge < -0.3 is 19.5 Å². The van der Waals surface area contributed by atoms with E-state index < -0.39 is 17.7 Å². The zero-order chi connectivity index (χ0) is 25.7. The normalized spacial score (nSPS) is 20.3. The van der Waals surface area contributed by atoms with Crippen LogP contribution >= 0.6 is 0 Å². The Balaban J connectivity index is 1.63. The summed E-state index contributed by atoms with van der Waals surface area (Å²) in [5.74, 6) is -0.242. The lowest BCUT2D eigenvalue weighted by Gasteiger charge is -2.29. The molecule has 0 aromatic heterocycles. The number of aliphatic hydroxyl groups is 1. The Morgan fingerprint density at radius 1 is 1.08 bits per heavy atom. The fourth-order valence-electron chi connectivity index (χ4n) is 4.75. The molecule has 7 heteroatoms. The summed E-state index contributed by atoms with van der Waals surface area (Å²) in [4.78, 5) is 30.3. The Kier molecular flexibility index (Phi) is 8.44. The lowest BCUT2D eigenvalue weighted by Crippen LogP contribution is -2.38. The summed E-state index contributed by atoms with van der Waals surface area (Å²) in [6, 6.07) is 14.2. The number of aliphatic hydroxyl groups excluding tert-OH is 1. The van der Waals surface area contributed by atoms with Crippen molar-refractivity contribution in [1.29, 1.82) is 0 Å². The third-order valence-electron chi connectivity index (χ3n) is 6.65. The van der Waals surface area contributed by atoms with Gasteiger partial charge in [-0.3, -0.25) is 14.5 Å². The summed E-state index contributed by atoms with van der Waals surface area (Å²) in [5.41, 5.74) is 2.29. The highest BCUT2D eigenvalue weighted by molar-refractivity contribution is 6.46. The second-order valence-electron chi connectivity index (χ2n) is 9.90. The Labute approximate surface area is 213 Å². The maximum absolute atomic E-state index is 13.2. The van der Waals surface area contributed by atoms with E-state index >= 15 is 0 Å². The molecule has 1 N–H and O–H groups in total. The van der Waals surface area contributed by atoms with E-state index in [1.165, 1.54) is 0 Å². The molecule has 0 aliphatic carbocycles. The van der Waals surface area contributed by atoms with Crippen LogP contribution < -0.4 is 4.74 Å². The van der Waals surface area contributed by atoms with Crippen LogP contribution in [0.3, 0.4) is 0 Å². The largest absolute Gasteiger partial charge is 0.507 e. The summed E-state index contributed by atoms with van der Waals surface area (Å²) >= 11 is 0. The monoisotopic (exact) mass is 492 g/mol. The molecule has 2 fully saturated rings. The average Bonchev–Trinajstić information content (AvgIpc) is 3.13. The van der Waals surface area contributed by atoms with Gasteiger partial charge in [-0.1, -0.05) is 44.2 Å². The molecule has 2 aliphatic heterocycles. The van der Waals surface area contributed by atoms with E-state index in [-0.39, 0.29) is 11.3 Å². The molecule has 1 atom stereocenters. The van der Waals surface area contributed by atoms with Gasteiger partial charge in [0.1, 0.15) is 11.5 Å². The van der Waals surface area contributed by atoms with Crippen molar-refractivity contribution in [1.82, 2.24) is 9.80 Å². The van der Waals surface area contributed by atoms with Crippen molar-refractivity contribution < 1.29 is 24.2 Å². The van der Waals surface area contributed by atoms with Gasteiger partial charge >= 0.3 is 0 Å². The lowest BCUT2D eigenvalue weighted by atomic mass is 9.94. The third kappa shape index (κ3) is 5.79. The number of rotatable bonds is 9. The number of hydrogen-bond acceptors (Lipinski definition) is 6. The molecule has 4 rings (SSSR count). The van der Waals surface area contributed by atoms with Crippen LogP contribution in [0, 0.1) is 12.8 Å². The predicted octanol–water partition coefficient (Wildman–Crippen LogP) is 4.17. The van der Waals surface area contributed by atoms with Crippen molar-refractivity contribution in [3.63, 3.8) is 0 Å². The van der Waals surface area contributed by atoms with E-state index in [1.807, 2.05) is 43.3 Å². The van der Waals surface area contributed by atoms with Crippen LogP contribution in [0.5, 0.6) is 5.75 Å². The van der Waals surface area contributed by atoms with Gasteiger partial charge in [-0.2, -0.15) is 0 Å². The topological polar surface area (TPSA) is 79.3 Å². The number of amides is 1. The lowest BCUT2D eigenvalue weighted by molar-refractivity contribution is -0.140. The van der Waals surface area contributed by atoms with Crippen molar-refractivity contribution in [2.45, 2.75) is 33.2 Å². The molecule has 0 unspecified atom stereocenters. The highest BCUT2D eigenvalue weighted by Crippen LogP contribution is 2.39. The fraction of sp³-hybridized carbons (Fsp3) is 0.448. The Hall–Kier alpha value is -3.16. The molecule has 0 radical (unpaired) electrons. The second-order valence-corrected chi connectivity index (χ2v) is 9.90. The van der Waals surface area contributed by atoms with Crippen molar-refractivity contribution >= 4 is 17.4 Å². The van der Waals surface area contributed by atoms with Crippen LogP contribution in [0.4, 0.5) is 0 Å². The van der Waals surface area contributed by atoms with Crippen molar-refractivity contribution in [3.8, 4) is 5.75 Å². The standard InChI is InChI=1S/C29H36N2O5/c1-20(2)19-36-24-11-10-23(18-21(24)3)27(32)25-26(22-8-5-4-6-9-22)31(29(34)28(25)33)13-7-12-30-14-16-35-17-15-30/h4-6,8-11,18,20,26,32H,7,12-17,19H2,1-3H3/b27-25+/t26-/m0/s1. The molecule has 36 heavy (non-hydrogen) atoms. The number of aryl methyl sites for hydroxylation is 1. The first-order chi connectivity index (χ1) is 17.4. The van der Waals surface area contributed by atoms with E-state index in [4.69, 9.17) is 9.47 Å². The van der Waals surface area contributed by atoms with Gasteiger partial charge in [0.05, 0.1) is 31.4 Å². The fourth-order valence-corrected chi connectivity index (χ4v) is 4.75. The van der Waals surface area contributed by atoms with Crippen LogP contribution in [0.1, 0.15) is 43.0 Å². The van der Waals surface area contributed by atoms with Gasteiger partial charge in [-0.05, 0) is 48.6 Å². The molecule has 2 heterocycles. The molecule has 0 bridgehead atoms. The molecule has 0 saturated carbocycles. The van der Waals surface area contributed by atoms with Crippen LogP contribution in [0.2, 0.25) is 0 Å². The third-order valence-corrected chi connectivity index (χ3v) is 6.65. The molecule has 2 aromatic carbocycles. The zero-order valence-corrected chi connectivity index (χ0v) is 21.4. The quantitative estimate of drug-likeness (QED) is 0.322. The van der Waals surface area contributed by atoms with E-state index in [0.29, 0.717) is 24.6 Å². The number of likely N-dealkylation sites (tertiary alicyclic amines) is 1. The number of ether oxygens (including phenoxy) is 2. The first kappa shape index (κ1) is 25.9. The molecule has 2 saturated heterocycles. The molecular weight excluding hydrogens is 456 g/mol. The Bertz CT molecular complexity index is 1110. The first-order valence-corrected chi connectivity index (χ1v) is 12.7. The molecule has 2 aliphatic rings. The van der Waals surface area contributed by atoms with Crippen LogP contribution in [0.15, 0.2) is 54.1 Å². The van der Waals surface area contributed by atoms with Gasteiger partial charge in [0.25, 0.3) is 11.7 Å². The van der Waals surface area contributed by atoms with E-state index in [0.717, 1.165) is 56.1 Å². The highest BCUT2D eigenvalue weighted by Gasteiger charge is 2.45. The number of ketones is 1. The van der Waals surface area contributed by atoms with Crippen molar-refractivity contribution in [2.24, 2.45) is 5.92 Å². The van der Waals surface area contributed by atoms with Gasteiger partial charge in [-0.25, -0.2) is 0 Å². The molecule has 0 spiro atoms. The summed E-state index contributed by atoms with van der Waals surface area (Å²) in [6.07, 6.45) is 0.734. The maximum atomic E-state index is 13.2. The number of carbonyl (C=O) groups is 2. The number of hydrogen-bond donors (Lipinski definition) is 1. The minimum atomic E-state index is -0.648. The van der Waals surface area contributed by atoms with Crippen molar-refractivity contribution in [2.75, 3.05) is 46.0 Å². The van der Waals surface area contributed by atoms with Gasteiger partial charge in [0.2, 0.25) is 0 Å². The summed E-state index contributed by atoms with van der Waals surface area (Å²) in [5, 5.41) is 11.3. The number of benzene rings is 2. The number of nitrogens with zero attached hydrogens (tertiary/aromatic N) is 2. The average molecular weight is 493 g/mol. The minimum absolute atomic E-state index is 0.132. The van der Waals surface area contributed by atoms with E-state index in [1.54, 1.807) is 17.0 Å². The second kappa shape index (κ2) is 11.7. The number of morpholine rings is 1. The van der Waals surface area contributed by atoms with Gasteiger partial charge in [-0.15, -0.1) is 0 Å². The van der Waals surface area contributed by atoms with Crippen LogP contribution in [-0.4, -0.2) is 72.6 Å². The Morgan fingerprint density at radius 3 is 2.47 bits per heavy atom. The molecule has 7 nitrogen and oxygen atoms in total. The van der Waals surface area contributed by atoms with E-state index in [9.17, 15) is 14.7 Å². The predicted molar refractivity (Wildman–Crippen MR) is 139 cm³/mol. The van der Waals surface area contributed by atoms with E-state index in [2.05, 4.69) is 18.7 Å². The summed E-state index contributed by atoms with van der Waals surface area (Å²) in [6.45, 7) is 11.1. The minimum Gasteiger partial charge on any atom is -0.507 e. The molecule has 2 aromatic rings. The first-order valence-electron chi connectivity index (χ1n) is 12.7. The number of carbonyl (C=O) groups excluding carboxylic acids is 2. The number of Topliss-reactive ketones (excluding diaryl/α,β-unsaturated/α-hetero) is 1. The van der Waals surface area contributed by atoms with Gasteiger partial charge in [0, 0.05) is 31.7 Å². The highest BCUT2D eigenvalue weighted by atomic mass is 16.5. The molecular formula is C29H36N2O5. The molecule has 192 valence electrons. The Morgan fingerprint density at radius 2 is 1.81 bits per heavy atom. The van der Waals surface area contributed by atoms with Crippen LogP contribution in [-0.2, 0) is 14.3 Å². The smallest absolute Gasteiger partial charge is 0.295 e. The molecule has 1 amide bonds. The van der Waals surface area contributed by atoms with Crippen LogP contribution in [0.25, 0.3) is 5.76 Å². The zero-order valence-electron chi connectivity index (χ0n) is 21.4. The SMILES string of the molecule is Cc1cc(/C(O)=C2\C(=O)C(=O)N(CCCN3CCOCC3)[C@H]2c2ccccc2)ccc1OCC(C)C. The summed E-state index contributed by atoms with van der Waals surface area (Å²) < 4.78 is 11.3. The van der Waals surface area contributed by atoms with Crippen molar-refractivity contribution in [3.05, 3.63) is 70.8 Å².